The molecule has 0 bridgehead atoms. The third-order valence-electron chi connectivity index (χ3n) is 1.74. The van der Waals surface area contributed by atoms with E-state index in [0.717, 1.165) is 12.8 Å². The standard InChI is InChI=1S/C7H10O2/c1-5-3-2-4-6(5)7(8)9/h4-5H,2-3H2,1H3,(H,8,9). The number of carbonyl (C=O) groups is 1. The summed E-state index contributed by atoms with van der Waals surface area (Å²) >= 11 is 0. The van der Waals surface area contributed by atoms with Gasteiger partial charge >= 0.3 is 5.97 Å². The lowest BCUT2D eigenvalue weighted by Crippen LogP contribution is -2.04. The van der Waals surface area contributed by atoms with Gasteiger partial charge in [0, 0.05) is 5.57 Å². The van der Waals surface area contributed by atoms with Crippen molar-refractivity contribution in [3.63, 3.8) is 0 Å². The minimum absolute atomic E-state index is 0.266. The van der Waals surface area contributed by atoms with Crippen LogP contribution in [0.25, 0.3) is 0 Å². The molecule has 1 atom stereocenters. The molecule has 0 aromatic heterocycles. The smallest absolute Gasteiger partial charge is 0.331 e. The van der Waals surface area contributed by atoms with E-state index in [9.17, 15) is 4.79 Å². The van der Waals surface area contributed by atoms with Crippen molar-refractivity contribution < 1.29 is 9.90 Å². The summed E-state index contributed by atoms with van der Waals surface area (Å²) in [5.41, 5.74) is 0.593. The van der Waals surface area contributed by atoms with E-state index in [4.69, 9.17) is 5.11 Å². The van der Waals surface area contributed by atoms with Gasteiger partial charge in [-0.15, -0.1) is 0 Å². The van der Waals surface area contributed by atoms with Crippen molar-refractivity contribution >= 4 is 5.97 Å². The first-order valence-corrected chi connectivity index (χ1v) is 3.15. The fourth-order valence-corrected chi connectivity index (χ4v) is 1.14. The maximum Gasteiger partial charge on any atom is 0.331 e. The van der Waals surface area contributed by atoms with E-state index in [1.165, 1.54) is 0 Å². The molecule has 2 nitrogen and oxygen atoms in total. The van der Waals surface area contributed by atoms with Crippen molar-refractivity contribution in [1.29, 1.82) is 0 Å². The lowest BCUT2D eigenvalue weighted by molar-refractivity contribution is -0.133. The Bertz CT molecular complexity index is 158. The van der Waals surface area contributed by atoms with Crippen LogP contribution in [0.4, 0.5) is 0 Å². The zero-order valence-electron chi connectivity index (χ0n) is 5.42. The van der Waals surface area contributed by atoms with Gasteiger partial charge < -0.3 is 5.11 Å². The predicted molar refractivity (Wildman–Crippen MR) is 34.1 cm³/mol. The van der Waals surface area contributed by atoms with Crippen LogP contribution in [0.15, 0.2) is 11.6 Å². The van der Waals surface area contributed by atoms with Gasteiger partial charge in [-0.3, -0.25) is 0 Å². The van der Waals surface area contributed by atoms with Crippen LogP contribution in [0.3, 0.4) is 0 Å². The van der Waals surface area contributed by atoms with E-state index in [2.05, 4.69) is 0 Å². The van der Waals surface area contributed by atoms with E-state index in [1.807, 2.05) is 13.0 Å². The molecule has 0 aromatic carbocycles. The Kier molecular flexibility index (Phi) is 1.56. The van der Waals surface area contributed by atoms with Gasteiger partial charge in [-0.05, 0) is 18.8 Å². The average Bonchev–Trinajstić information content (AvgIpc) is 2.13. The number of rotatable bonds is 1. The summed E-state index contributed by atoms with van der Waals surface area (Å²) in [5, 5.41) is 8.52. The maximum absolute atomic E-state index is 10.3. The third-order valence-corrected chi connectivity index (χ3v) is 1.74. The van der Waals surface area contributed by atoms with Crippen molar-refractivity contribution in [2.45, 2.75) is 19.8 Å². The molecule has 1 unspecified atom stereocenters. The zero-order chi connectivity index (χ0) is 6.85. The Morgan fingerprint density at radius 2 is 2.56 bits per heavy atom. The highest BCUT2D eigenvalue weighted by molar-refractivity contribution is 5.87. The molecular formula is C7H10O2. The quantitative estimate of drug-likeness (QED) is 0.577. The minimum atomic E-state index is -0.750. The van der Waals surface area contributed by atoms with Crippen LogP contribution in [0.5, 0.6) is 0 Å². The van der Waals surface area contributed by atoms with Gasteiger partial charge in [0.1, 0.15) is 0 Å². The van der Waals surface area contributed by atoms with E-state index in [0.29, 0.717) is 5.57 Å². The van der Waals surface area contributed by atoms with Crippen LogP contribution in [-0.2, 0) is 4.79 Å². The molecule has 0 fully saturated rings. The molecule has 0 heterocycles. The summed E-state index contributed by atoms with van der Waals surface area (Å²) in [4.78, 5) is 10.3. The van der Waals surface area contributed by atoms with E-state index in [-0.39, 0.29) is 5.92 Å². The molecule has 0 saturated carbocycles. The Morgan fingerprint density at radius 3 is 2.78 bits per heavy atom. The van der Waals surface area contributed by atoms with Crippen LogP contribution >= 0.6 is 0 Å². The van der Waals surface area contributed by atoms with Gasteiger partial charge in [-0.25, -0.2) is 4.79 Å². The highest BCUT2D eigenvalue weighted by atomic mass is 16.4. The van der Waals surface area contributed by atoms with E-state index < -0.39 is 5.97 Å². The molecule has 1 rings (SSSR count). The van der Waals surface area contributed by atoms with Crippen molar-refractivity contribution in [2.24, 2.45) is 5.92 Å². The number of hydrogen-bond donors (Lipinski definition) is 1. The highest BCUT2D eigenvalue weighted by Crippen LogP contribution is 2.24. The molecule has 1 aliphatic rings. The minimum Gasteiger partial charge on any atom is -0.478 e. The van der Waals surface area contributed by atoms with Crippen LogP contribution in [0.2, 0.25) is 0 Å². The lowest BCUT2D eigenvalue weighted by Gasteiger charge is -2.00. The van der Waals surface area contributed by atoms with Gasteiger partial charge in [0.2, 0.25) is 0 Å². The van der Waals surface area contributed by atoms with Crippen LogP contribution in [-0.4, -0.2) is 11.1 Å². The number of carboxylic acid groups (broad SMARTS) is 1. The summed E-state index contributed by atoms with van der Waals surface area (Å²) < 4.78 is 0. The molecule has 0 aliphatic heterocycles. The first-order chi connectivity index (χ1) is 4.22. The van der Waals surface area contributed by atoms with Crippen LogP contribution < -0.4 is 0 Å². The van der Waals surface area contributed by atoms with Crippen molar-refractivity contribution in [3.8, 4) is 0 Å². The normalized spacial score (nSPS) is 25.9. The predicted octanol–water partition coefficient (Wildman–Crippen LogP) is 1.43. The SMILES string of the molecule is CC1CCC=C1C(=O)O. The monoisotopic (exact) mass is 126 g/mol. The molecule has 50 valence electrons. The fraction of sp³-hybridized carbons (Fsp3) is 0.571. The van der Waals surface area contributed by atoms with Gasteiger partial charge in [-0.1, -0.05) is 13.0 Å². The molecule has 0 radical (unpaired) electrons. The van der Waals surface area contributed by atoms with Crippen LogP contribution in [0, 0.1) is 5.92 Å². The second kappa shape index (κ2) is 2.21. The zero-order valence-corrected chi connectivity index (χ0v) is 5.42. The van der Waals surface area contributed by atoms with Crippen LogP contribution in [0.1, 0.15) is 19.8 Å². The summed E-state index contributed by atoms with van der Waals surface area (Å²) in [6.45, 7) is 1.95. The summed E-state index contributed by atoms with van der Waals surface area (Å²) in [7, 11) is 0. The number of aliphatic carboxylic acids is 1. The molecule has 2 heteroatoms. The average molecular weight is 126 g/mol. The Balaban J connectivity index is 2.68. The van der Waals surface area contributed by atoms with Gasteiger partial charge in [-0.2, -0.15) is 0 Å². The van der Waals surface area contributed by atoms with Crippen molar-refractivity contribution in [2.75, 3.05) is 0 Å². The Hall–Kier alpha value is -0.790. The maximum atomic E-state index is 10.3. The van der Waals surface area contributed by atoms with Gasteiger partial charge in [0.15, 0.2) is 0 Å². The number of carboxylic acids is 1. The summed E-state index contributed by atoms with van der Waals surface area (Å²) in [5.74, 6) is -0.484. The molecule has 9 heavy (non-hydrogen) atoms. The third kappa shape index (κ3) is 1.12. The molecule has 0 amide bonds. The lowest BCUT2D eigenvalue weighted by atomic mass is 10.1. The largest absolute Gasteiger partial charge is 0.478 e. The van der Waals surface area contributed by atoms with E-state index in [1.54, 1.807) is 0 Å². The molecule has 1 aliphatic carbocycles. The first-order valence-electron chi connectivity index (χ1n) is 3.15. The second-order valence-corrected chi connectivity index (χ2v) is 2.44. The molecule has 0 spiro atoms. The molecular weight excluding hydrogens is 116 g/mol. The molecule has 0 aromatic rings. The summed E-state index contributed by atoms with van der Waals surface area (Å²) in [6, 6.07) is 0. The van der Waals surface area contributed by atoms with Crippen molar-refractivity contribution in [3.05, 3.63) is 11.6 Å². The Morgan fingerprint density at radius 1 is 1.89 bits per heavy atom. The number of allylic oxidation sites excluding steroid dienone is 1. The van der Waals surface area contributed by atoms with Crippen molar-refractivity contribution in [1.82, 2.24) is 0 Å². The summed E-state index contributed by atoms with van der Waals surface area (Å²) in [6.07, 6.45) is 3.75. The molecule has 0 saturated heterocycles. The fourth-order valence-electron chi connectivity index (χ4n) is 1.14. The highest BCUT2D eigenvalue weighted by Gasteiger charge is 2.19. The van der Waals surface area contributed by atoms with E-state index >= 15 is 0 Å². The first kappa shape index (κ1) is 6.33. The Labute approximate surface area is 54.2 Å². The second-order valence-electron chi connectivity index (χ2n) is 2.44. The molecule has 1 N–H and O–H groups in total. The van der Waals surface area contributed by atoms with Gasteiger partial charge in [0.25, 0.3) is 0 Å². The van der Waals surface area contributed by atoms with Gasteiger partial charge in [0.05, 0.1) is 0 Å². The number of hydrogen-bond acceptors (Lipinski definition) is 1. The topological polar surface area (TPSA) is 37.3 Å².